The van der Waals surface area contributed by atoms with Crippen molar-refractivity contribution in [2.75, 3.05) is 11.5 Å². The molecule has 0 spiro atoms. The van der Waals surface area contributed by atoms with Crippen molar-refractivity contribution in [3.05, 3.63) is 36.0 Å². The topological polar surface area (TPSA) is 92.5 Å². The van der Waals surface area contributed by atoms with Crippen LogP contribution in [0.4, 0.5) is 5.69 Å². The van der Waals surface area contributed by atoms with E-state index < -0.39 is 23.0 Å². The van der Waals surface area contributed by atoms with Gasteiger partial charge in [0.2, 0.25) is 11.8 Å². The number of benzene rings is 1. The minimum atomic E-state index is -0.704. The molecule has 0 aliphatic carbocycles. The Morgan fingerprint density at radius 2 is 2.10 bits per heavy atom. The molecule has 29 heavy (non-hydrogen) atoms. The van der Waals surface area contributed by atoms with Gasteiger partial charge in [-0.05, 0) is 56.9 Å². The summed E-state index contributed by atoms with van der Waals surface area (Å²) < 4.78 is 11.3. The molecule has 7 nitrogen and oxygen atoms in total. The standard InChI is InChI=1S/C21H19N3O4S/c1-20-6-7-21(28-20,8-10-27-29)16-15(20)18(25)24(19(16)26)14-5-4-12(11-22)17-13(14)3-2-9-23-17/h2-5,9,15-16,29H,6-8,10H2,1H3/t15-,16+,20?,21?/m0/s1. The van der Waals surface area contributed by atoms with E-state index in [9.17, 15) is 14.9 Å². The Labute approximate surface area is 173 Å². The molecule has 8 heteroatoms. The van der Waals surface area contributed by atoms with E-state index in [4.69, 9.17) is 8.92 Å². The van der Waals surface area contributed by atoms with Crippen LogP contribution in [-0.2, 0) is 18.5 Å². The first-order valence-electron chi connectivity index (χ1n) is 9.58. The molecule has 148 valence electrons. The monoisotopic (exact) mass is 409 g/mol. The minimum absolute atomic E-state index is 0.245. The second-order valence-corrected chi connectivity index (χ2v) is 8.43. The molecule has 4 atom stereocenters. The van der Waals surface area contributed by atoms with E-state index in [2.05, 4.69) is 24.0 Å². The highest BCUT2D eigenvalue weighted by atomic mass is 32.1. The lowest BCUT2D eigenvalue weighted by Gasteiger charge is -2.30. The number of ether oxygens (including phenoxy) is 1. The van der Waals surface area contributed by atoms with Gasteiger partial charge in [0.1, 0.15) is 6.07 Å². The Kier molecular flexibility index (Phi) is 4.01. The number of rotatable bonds is 4. The van der Waals surface area contributed by atoms with E-state index in [-0.39, 0.29) is 11.8 Å². The molecule has 5 rings (SSSR count). The summed E-state index contributed by atoms with van der Waals surface area (Å²) in [6.07, 6.45) is 3.54. The summed E-state index contributed by atoms with van der Waals surface area (Å²) in [4.78, 5) is 32.7. The summed E-state index contributed by atoms with van der Waals surface area (Å²) >= 11 is 3.82. The van der Waals surface area contributed by atoms with Crippen LogP contribution in [0.15, 0.2) is 30.5 Å². The molecule has 3 saturated heterocycles. The Bertz CT molecular complexity index is 1100. The zero-order chi connectivity index (χ0) is 20.4. The lowest BCUT2D eigenvalue weighted by atomic mass is 9.67. The van der Waals surface area contributed by atoms with Crippen LogP contribution < -0.4 is 4.90 Å². The molecule has 3 aliphatic heterocycles. The van der Waals surface area contributed by atoms with Crippen LogP contribution in [0.3, 0.4) is 0 Å². The van der Waals surface area contributed by atoms with E-state index in [0.29, 0.717) is 41.6 Å². The molecule has 2 amide bonds. The third-order valence-electron chi connectivity index (χ3n) is 6.74. The number of anilines is 1. The van der Waals surface area contributed by atoms with Crippen molar-refractivity contribution in [2.45, 2.75) is 37.4 Å². The predicted octanol–water partition coefficient (Wildman–Crippen LogP) is 2.79. The average molecular weight is 409 g/mol. The number of aromatic nitrogens is 1. The molecule has 1 aromatic carbocycles. The number of nitriles is 1. The summed E-state index contributed by atoms with van der Waals surface area (Å²) in [6.45, 7) is 2.27. The lowest BCUT2D eigenvalue weighted by Crippen LogP contribution is -2.42. The molecule has 0 N–H and O–H groups in total. The Hall–Kier alpha value is -2.47. The molecule has 4 heterocycles. The van der Waals surface area contributed by atoms with Gasteiger partial charge in [-0.1, -0.05) is 0 Å². The van der Waals surface area contributed by atoms with Gasteiger partial charge in [-0.3, -0.25) is 14.6 Å². The largest absolute Gasteiger partial charge is 0.367 e. The first kappa shape index (κ1) is 18.6. The third kappa shape index (κ3) is 2.35. The second kappa shape index (κ2) is 6.26. The van der Waals surface area contributed by atoms with Crippen molar-refractivity contribution in [1.29, 1.82) is 5.26 Å². The van der Waals surface area contributed by atoms with Gasteiger partial charge in [0.15, 0.2) is 0 Å². The fraction of sp³-hybridized carbons (Fsp3) is 0.429. The van der Waals surface area contributed by atoms with Gasteiger partial charge in [-0.15, -0.1) is 0 Å². The molecule has 1 aromatic heterocycles. The molecular formula is C21H19N3O4S. The molecule has 2 aromatic rings. The van der Waals surface area contributed by atoms with Crippen LogP contribution in [0.2, 0.25) is 0 Å². The summed E-state index contributed by atoms with van der Waals surface area (Å²) in [7, 11) is 0. The first-order chi connectivity index (χ1) is 14.0. The number of nitrogens with zero attached hydrogens (tertiary/aromatic N) is 3. The average Bonchev–Trinajstić information content (AvgIpc) is 3.31. The summed E-state index contributed by atoms with van der Waals surface area (Å²) in [5, 5.41) is 9.99. The van der Waals surface area contributed by atoms with E-state index >= 15 is 0 Å². The summed E-state index contributed by atoms with van der Waals surface area (Å²) in [6, 6.07) is 8.90. The fourth-order valence-corrected chi connectivity index (χ4v) is 5.60. The highest BCUT2D eigenvalue weighted by Crippen LogP contribution is 2.62. The molecule has 2 bridgehead atoms. The number of pyridine rings is 1. The quantitative estimate of drug-likeness (QED) is 0.474. The predicted molar refractivity (Wildman–Crippen MR) is 107 cm³/mol. The van der Waals surface area contributed by atoms with Crippen LogP contribution in [0.1, 0.15) is 31.7 Å². The van der Waals surface area contributed by atoms with Gasteiger partial charge >= 0.3 is 0 Å². The van der Waals surface area contributed by atoms with Crippen LogP contribution in [0.5, 0.6) is 0 Å². The van der Waals surface area contributed by atoms with Crippen molar-refractivity contribution in [1.82, 2.24) is 4.98 Å². The van der Waals surface area contributed by atoms with E-state index in [0.717, 1.165) is 6.42 Å². The van der Waals surface area contributed by atoms with E-state index in [1.807, 2.05) is 6.92 Å². The smallest absolute Gasteiger partial charge is 0.240 e. The van der Waals surface area contributed by atoms with E-state index in [1.165, 1.54) is 4.90 Å². The zero-order valence-electron chi connectivity index (χ0n) is 15.8. The Balaban J connectivity index is 1.64. The maximum Gasteiger partial charge on any atom is 0.240 e. The molecule has 3 aliphatic rings. The number of imide groups is 1. The van der Waals surface area contributed by atoms with Crippen molar-refractivity contribution in [3.63, 3.8) is 0 Å². The van der Waals surface area contributed by atoms with Gasteiger partial charge in [-0.2, -0.15) is 5.26 Å². The number of fused-ring (bicyclic) bond motifs is 6. The van der Waals surface area contributed by atoms with Gasteiger partial charge in [0.25, 0.3) is 0 Å². The molecule has 2 unspecified atom stereocenters. The van der Waals surface area contributed by atoms with Crippen LogP contribution in [0, 0.1) is 23.2 Å². The maximum absolute atomic E-state index is 13.6. The van der Waals surface area contributed by atoms with Crippen molar-refractivity contribution in [2.24, 2.45) is 11.8 Å². The van der Waals surface area contributed by atoms with Gasteiger partial charge in [0, 0.05) is 18.0 Å². The van der Waals surface area contributed by atoms with Crippen molar-refractivity contribution >= 4 is 41.3 Å². The van der Waals surface area contributed by atoms with Crippen molar-refractivity contribution < 1.29 is 18.5 Å². The zero-order valence-corrected chi connectivity index (χ0v) is 16.7. The minimum Gasteiger partial charge on any atom is -0.367 e. The Morgan fingerprint density at radius 1 is 1.31 bits per heavy atom. The molecule has 3 fully saturated rings. The van der Waals surface area contributed by atoms with Gasteiger partial charge in [0.05, 0.1) is 46.4 Å². The number of amides is 2. The lowest BCUT2D eigenvalue weighted by molar-refractivity contribution is -0.131. The van der Waals surface area contributed by atoms with Gasteiger partial charge in [-0.25, -0.2) is 4.90 Å². The van der Waals surface area contributed by atoms with Crippen LogP contribution in [0.25, 0.3) is 10.9 Å². The van der Waals surface area contributed by atoms with Crippen molar-refractivity contribution in [3.8, 4) is 6.07 Å². The Morgan fingerprint density at radius 3 is 2.86 bits per heavy atom. The number of hydrogen-bond donors (Lipinski definition) is 1. The van der Waals surface area contributed by atoms with Gasteiger partial charge < -0.3 is 8.92 Å². The SMILES string of the molecule is CC12CCC(CCOS)(O1)[C@H]1C(=O)N(c3ccc(C#N)c4ncccc34)C(=O)[C@H]12. The second-order valence-electron chi connectivity index (χ2n) is 8.17. The summed E-state index contributed by atoms with van der Waals surface area (Å²) in [5.41, 5.74) is -0.0106. The number of hydrogen-bond acceptors (Lipinski definition) is 7. The summed E-state index contributed by atoms with van der Waals surface area (Å²) in [5.74, 6) is -1.56. The molecular weight excluding hydrogens is 390 g/mol. The highest BCUT2D eigenvalue weighted by Gasteiger charge is 2.73. The third-order valence-corrected chi connectivity index (χ3v) is 6.92. The van der Waals surface area contributed by atoms with E-state index in [1.54, 1.807) is 30.5 Å². The fourth-order valence-electron chi connectivity index (χ4n) is 5.51. The van der Waals surface area contributed by atoms with Crippen LogP contribution >= 0.6 is 12.9 Å². The maximum atomic E-state index is 13.6. The number of carbonyl (C=O) groups excluding carboxylic acids is 2. The number of carbonyl (C=O) groups is 2. The highest BCUT2D eigenvalue weighted by molar-refractivity contribution is 7.75. The normalized spacial score (nSPS) is 32.8. The number of thiol groups is 1. The first-order valence-corrected chi connectivity index (χ1v) is 9.94. The van der Waals surface area contributed by atoms with Crippen LogP contribution in [-0.4, -0.2) is 34.6 Å². The molecule has 0 saturated carbocycles. The molecule has 0 radical (unpaired) electrons.